The molecule has 0 amide bonds. The predicted molar refractivity (Wildman–Crippen MR) is 200 cm³/mol. The van der Waals surface area contributed by atoms with E-state index in [9.17, 15) is 39.3 Å². The van der Waals surface area contributed by atoms with Gasteiger partial charge in [-0.15, -0.1) is 0 Å². The number of hydrogen-bond acceptors (Lipinski definition) is 11. The van der Waals surface area contributed by atoms with E-state index >= 15 is 0 Å². The van der Waals surface area contributed by atoms with Crippen molar-refractivity contribution in [2.45, 2.75) is 26.7 Å². The highest BCUT2D eigenvalue weighted by atomic mass is 16.4. The van der Waals surface area contributed by atoms with Crippen LogP contribution in [-0.2, 0) is 30.4 Å². The normalized spacial score (nSPS) is 11.0. The number of Topliss-reactive ketones (excluding diaryl/α,β-unsaturated/α-hetero) is 2. The molecule has 4 aromatic rings. The summed E-state index contributed by atoms with van der Waals surface area (Å²) >= 11 is 0. The SMILES string of the molecule is C.NCCCC(=O)CN(CCN(CCN(CC(=O)O)CC(=O)Cc1ccc(C#Cc2ccc3ccc4cccnc4c3n2)cc1)CC(=O)O)CC(=O)O. The minimum Gasteiger partial charge on any atom is -0.480 e. The van der Waals surface area contributed by atoms with Gasteiger partial charge in [-0.05, 0) is 54.8 Å². The standard InChI is InChI=1S/C38H42N6O8.CH4/c39-15-1-4-32(45)22-43(25-35(49)50)19-17-42(24-34(47)48)18-20-44(26-36(51)52)23-33(46)21-28-7-5-27(6-8-28)9-13-31-14-12-30-11-10-29-3-2-16-40-37(29)38(30)41-31;/h2-3,5-8,10-12,14,16H,1,4,15,17-26,39H2,(H,47,48)(H,49,50)(H,51,52);1H4. The average Bonchev–Trinajstić information content (AvgIpc) is 3.10. The third-order valence-electron chi connectivity index (χ3n) is 8.12. The summed E-state index contributed by atoms with van der Waals surface area (Å²) < 4.78 is 0. The second-order valence-corrected chi connectivity index (χ2v) is 12.4. The molecule has 53 heavy (non-hydrogen) atoms. The molecule has 14 nitrogen and oxygen atoms in total. The van der Waals surface area contributed by atoms with Crippen LogP contribution in [0.4, 0.5) is 0 Å². The van der Waals surface area contributed by atoms with Crippen molar-refractivity contribution in [3.8, 4) is 11.8 Å². The number of carbonyl (C=O) groups is 5. The molecule has 0 saturated carbocycles. The number of hydrogen-bond donors (Lipinski definition) is 4. The maximum atomic E-state index is 13.0. The molecular formula is C39H46N6O8. The second-order valence-electron chi connectivity index (χ2n) is 12.4. The summed E-state index contributed by atoms with van der Waals surface area (Å²) in [5, 5.41) is 30.2. The number of nitrogens with two attached hydrogens (primary N) is 1. The zero-order valence-corrected chi connectivity index (χ0v) is 28.7. The molecule has 0 aliphatic rings. The Balaban J connectivity index is 0.00000756. The van der Waals surface area contributed by atoms with Crippen LogP contribution >= 0.6 is 0 Å². The molecule has 0 spiro atoms. The Morgan fingerprint density at radius 3 is 1.79 bits per heavy atom. The van der Waals surface area contributed by atoms with Gasteiger partial charge in [0.2, 0.25) is 0 Å². The van der Waals surface area contributed by atoms with Gasteiger partial charge in [-0.25, -0.2) is 4.98 Å². The molecule has 2 heterocycles. The van der Waals surface area contributed by atoms with Gasteiger partial charge >= 0.3 is 17.9 Å². The molecule has 0 saturated heterocycles. The van der Waals surface area contributed by atoms with Gasteiger partial charge in [-0.1, -0.05) is 43.7 Å². The van der Waals surface area contributed by atoms with Crippen LogP contribution < -0.4 is 5.73 Å². The molecule has 0 aliphatic heterocycles. The van der Waals surface area contributed by atoms with E-state index in [1.807, 2.05) is 36.4 Å². The van der Waals surface area contributed by atoms with Crippen LogP contribution in [0.25, 0.3) is 21.8 Å². The van der Waals surface area contributed by atoms with E-state index in [-0.39, 0.29) is 71.1 Å². The Morgan fingerprint density at radius 2 is 1.19 bits per heavy atom. The number of carbonyl (C=O) groups excluding carboxylic acids is 2. The summed E-state index contributed by atoms with van der Waals surface area (Å²) in [4.78, 5) is 73.4. The van der Waals surface area contributed by atoms with Crippen molar-refractivity contribution in [3.05, 3.63) is 83.7 Å². The Labute approximate surface area is 308 Å². The number of pyridine rings is 2. The minimum absolute atomic E-state index is 0. The summed E-state index contributed by atoms with van der Waals surface area (Å²) in [6.45, 7) is -0.809. The lowest BCUT2D eigenvalue weighted by Gasteiger charge is -2.28. The van der Waals surface area contributed by atoms with Crippen LogP contribution in [0.3, 0.4) is 0 Å². The third-order valence-corrected chi connectivity index (χ3v) is 8.12. The lowest BCUT2D eigenvalue weighted by Crippen LogP contribution is -2.45. The molecule has 0 bridgehead atoms. The average molecular weight is 727 g/mol. The van der Waals surface area contributed by atoms with Gasteiger partial charge < -0.3 is 21.1 Å². The van der Waals surface area contributed by atoms with E-state index in [4.69, 9.17) is 10.7 Å². The fourth-order valence-corrected chi connectivity index (χ4v) is 5.63. The summed E-state index contributed by atoms with van der Waals surface area (Å²) in [7, 11) is 0. The van der Waals surface area contributed by atoms with Gasteiger partial charge in [0.1, 0.15) is 11.5 Å². The van der Waals surface area contributed by atoms with Gasteiger partial charge in [0.05, 0.1) is 43.8 Å². The molecule has 0 fully saturated rings. The number of benzene rings is 2. The van der Waals surface area contributed by atoms with Gasteiger partial charge in [0.25, 0.3) is 0 Å². The number of aromatic nitrogens is 2. The van der Waals surface area contributed by atoms with Crippen molar-refractivity contribution < 1.29 is 39.3 Å². The van der Waals surface area contributed by atoms with Crippen LogP contribution in [0.15, 0.2) is 66.9 Å². The van der Waals surface area contributed by atoms with Crippen LogP contribution in [0.5, 0.6) is 0 Å². The molecule has 280 valence electrons. The van der Waals surface area contributed by atoms with Crippen LogP contribution in [0.2, 0.25) is 0 Å². The van der Waals surface area contributed by atoms with Crippen molar-refractivity contribution in [3.63, 3.8) is 0 Å². The van der Waals surface area contributed by atoms with Crippen molar-refractivity contribution in [2.75, 3.05) is 65.4 Å². The zero-order chi connectivity index (χ0) is 37.5. The van der Waals surface area contributed by atoms with E-state index in [1.54, 1.807) is 30.5 Å². The van der Waals surface area contributed by atoms with E-state index in [0.29, 0.717) is 18.7 Å². The maximum Gasteiger partial charge on any atom is 0.317 e. The molecule has 0 atom stereocenters. The molecule has 0 radical (unpaired) electrons. The molecule has 2 aromatic heterocycles. The van der Waals surface area contributed by atoms with Gasteiger partial charge in [0.15, 0.2) is 5.78 Å². The van der Waals surface area contributed by atoms with E-state index < -0.39 is 37.5 Å². The number of carboxylic acids is 3. The van der Waals surface area contributed by atoms with E-state index in [1.165, 1.54) is 14.7 Å². The van der Waals surface area contributed by atoms with Crippen molar-refractivity contribution in [1.82, 2.24) is 24.7 Å². The summed E-state index contributed by atoms with van der Waals surface area (Å²) in [5.74, 6) is 2.39. The molecule has 0 aliphatic carbocycles. The van der Waals surface area contributed by atoms with Crippen molar-refractivity contribution in [1.29, 1.82) is 0 Å². The van der Waals surface area contributed by atoms with Gasteiger partial charge in [0, 0.05) is 61.6 Å². The number of aliphatic carboxylic acids is 3. The largest absolute Gasteiger partial charge is 0.480 e. The molecule has 0 unspecified atom stereocenters. The molecule has 4 rings (SSSR count). The number of carboxylic acid groups (broad SMARTS) is 3. The van der Waals surface area contributed by atoms with Gasteiger partial charge in [-0.2, -0.15) is 0 Å². The summed E-state index contributed by atoms with van der Waals surface area (Å²) in [5.41, 5.74) is 9.07. The van der Waals surface area contributed by atoms with Crippen molar-refractivity contribution >= 4 is 51.3 Å². The Bertz CT molecular complexity index is 1960. The van der Waals surface area contributed by atoms with Crippen LogP contribution in [0.1, 0.15) is 37.1 Å². The monoisotopic (exact) mass is 726 g/mol. The first kappa shape index (κ1) is 41.8. The van der Waals surface area contributed by atoms with E-state index in [2.05, 4.69) is 16.8 Å². The highest BCUT2D eigenvalue weighted by molar-refractivity contribution is 6.02. The number of nitrogens with zero attached hydrogens (tertiary/aromatic N) is 5. The number of fused-ring (bicyclic) bond motifs is 3. The first-order valence-electron chi connectivity index (χ1n) is 16.8. The third kappa shape index (κ3) is 14.2. The van der Waals surface area contributed by atoms with E-state index in [0.717, 1.165) is 32.9 Å². The first-order chi connectivity index (χ1) is 25.0. The number of rotatable bonds is 21. The topological polar surface area (TPSA) is 208 Å². The molecule has 5 N–H and O–H groups in total. The highest BCUT2D eigenvalue weighted by Gasteiger charge is 2.20. The quantitative estimate of drug-likeness (QED) is 0.0719. The van der Waals surface area contributed by atoms with Crippen LogP contribution in [-0.4, -0.2) is 135 Å². The number of ketones is 2. The maximum absolute atomic E-state index is 13.0. The molecule has 2 aromatic carbocycles. The smallest absolute Gasteiger partial charge is 0.317 e. The lowest BCUT2D eigenvalue weighted by atomic mass is 10.1. The minimum atomic E-state index is -1.14. The fourth-order valence-electron chi connectivity index (χ4n) is 5.63. The van der Waals surface area contributed by atoms with Crippen molar-refractivity contribution in [2.24, 2.45) is 5.73 Å². The van der Waals surface area contributed by atoms with Gasteiger partial charge in [-0.3, -0.25) is 43.7 Å². The second kappa shape index (κ2) is 21.1. The first-order valence-corrected chi connectivity index (χ1v) is 16.8. The Hall–Kier alpha value is -5.59. The predicted octanol–water partition coefficient (Wildman–Crippen LogP) is 2.40. The summed E-state index contributed by atoms with van der Waals surface area (Å²) in [6.07, 6.45) is 2.47. The Morgan fingerprint density at radius 1 is 0.642 bits per heavy atom. The molecular weight excluding hydrogens is 680 g/mol. The fraction of sp³-hybridized carbons (Fsp3) is 0.359. The summed E-state index contributed by atoms with van der Waals surface area (Å²) in [6, 6.07) is 18.8. The lowest BCUT2D eigenvalue weighted by molar-refractivity contribution is -0.141. The molecule has 14 heteroatoms. The zero-order valence-electron chi connectivity index (χ0n) is 28.7. The van der Waals surface area contributed by atoms with Crippen LogP contribution in [0, 0.1) is 11.8 Å². The Kier molecular flexibility index (Phi) is 16.6. The highest BCUT2D eigenvalue weighted by Crippen LogP contribution is 2.22.